The molecule has 1 amide bonds. The number of hydrogen-bond acceptors (Lipinski definition) is 3. The topological polar surface area (TPSA) is 50.4 Å². The maximum absolute atomic E-state index is 13.6. The minimum Gasteiger partial charge on any atom is -0.432 e. The fourth-order valence-electron chi connectivity index (χ4n) is 2.85. The second kappa shape index (κ2) is 8.19. The lowest BCUT2D eigenvalue weighted by Gasteiger charge is -2.27. The average Bonchev–Trinajstić information content (AvgIpc) is 2.50. The van der Waals surface area contributed by atoms with Gasteiger partial charge in [0.2, 0.25) is 5.91 Å². The zero-order valence-electron chi connectivity index (χ0n) is 13.0. The number of carbonyl (C=O) groups is 1. The van der Waals surface area contributed by atoms with Gasteiger partial charge in [-0.1, -0.05) is 6.92 Å². The number of amides is 1. The van der Waals surface area contributed by atoms with Gasteiger partial charge in [-0.05, 0) is 49.9 Å². The summed E-state index contributed by atoms with van der Waals surface area (Å²) in [6.45, 7) is 0.882. The first-order valence-corrected chi connectivity index (χ1v) is 7.70. The molecule has 1 fully saturated rings. The Hall–Kier alpha value is -1.76. The highest BCUT2D eigenvalue weighted by Crippen LogP contribution is 2.26. The standard InChI is InChI=1S/C16H21F3N2O2/c1-10(11-4-6-20-7-5-11)8-15(22)21-12-2-3-14(13(17)9-12)23-16(18)19/h2-3,9-11,16,20H,4-8H2,1H3,(H,21,22). The van der Waals surface area contributed by atoms with Crippen molar-refractivity contribution in [1.82, 2.24) is 5.32 Å². The van der Waals surface area contributed by atoms with Gasteiger partial charge in [0.15, 0.2) is 11.6 Å². The molecular weight excluding hydrogens is 309 g/mol. The zero-order valence-corrected chi connectivity index (χ0v) is 13.0. The minimum atomic E-state index is -3.09. The maximum Gasteiger partial charge on any atom is 0.387 e. The quantitative estimate of drug-likeness (QED) is 0.840. The van der Waals surface area contributed by atoms with Crippen molar-refractivity contribution >= 4 is 11.6 Å². The molecule has 0 aliphatic carbocycles. The molecule has 0 bridgehead atoms. The van der Waals surface area contributed by atoms with Gasteiger partial charge in [-0.3, -0.25) is 4.79 Å². The van der Waals surface area contributed by atoms with Crippen LogP contribution < -0.4 is 15.4 Å². The molecule has 1 aliphatic heterocycles. The molecule has 0 radical (unpaired) electrons. The van der Waals surface area contributed by atoms with Crippen LogP contribution in [0.25, 0.3) is 0 Å². The first-order valence-electron chi connectivity index (χ1n) is 7.70. The predicted molar refractivity (Wildman–Crippen MR) is 81.0 cm³/mol. The molecule has 1 aromatic carbocycles. The minimum absolute atomic E-state index is 0.210. The zero-order chi connectivity index (χ0) is 16.8. The van der Waals surface area contributed by atoms with E-state index in [1.165, 1.54) is 6.07 Å². The molecule has 1 aliphatic rings. The number of nitrogens with one attached hydrogen (secondary N) is 2. The van der Waals surface area contributed by atoms with Gasteiger partial charge in [-0.25, -0.2) is 4.39 Å². The molecule has 1 aromatic rings. The van der Waals surface area contributed by atoms with Crippen LogP contribution in [-0.4, -0.2) is 25.6 Å². The van der Waals surface area contributed by atoms with Crippen LogP contribution in [-0.2, 0) is 4.79 Å². The fourth-order valence-corrected chi connectivity index (χ4v) is 2.85. The van der Waals surface area contributed by atoms with Crippen molar-refractivity contribution in [3.8, 4) is 5.75 Å². The van der Waals surface area contributed by atoms with Gasteiger partial charge in [-0.2, -0.15) is 8.78 Å². The number of carbonyl (C=O) groups excluding carboxylic acids is 1. The largest absolute Gasteiger partial charge is 0.432 e. The van der Waals surface area contributed by atoms with Crippen molar-refractivity contribution in [2.24, 2.45) is 11.8 Å². The van der Waals surface area contributed by atoms with Gasteiger partial charge in [-0.15, -0.1) is 0 Å². The molecule has 2 N–H and O–H groups in total. The summed E-state index contributed by atoms with van der Waals surface area (Å²) in [6.07, 6.45) is 2.44. The van der Waals surface area contributed by atoms with E-state index in [4.69, 9.17) is 0 Å². The highest BCUT2D eigenvalue weighted by atomic mass is 19.3. The monoisotopic (exact) mass is 330 g/mol. The summed E-state index contributed by atoms with van der Waals surface area (Å²) in [5.74, 6) is -0.947. The van der Waals surface area contributed by atoms with Crippen LogP contribution in [0.15, 0.2) is 18.2 Å². The molecule has 1 saturated heterocycles. The summed E-state index contributed by atoms with van der Waals surface area (Å²) in [5, 5.41) is 5.88. The molecule has 1 heterocycles. The number of halogens is 3. The van der Waals surface area contributed by atoms with Gasteiger partial charge < -0.3 is 15.4 Å². The third-order valence-electron chi connectivity index (χ3n) is 4.13. The van der Waals surface area contributed by atoms with Gasteiger partial charge in [0, 0.05) is 18.2 Å². The molecular formula is C16H21F3N2O2. The molecule has 0 saturated carbocycles. The van der Waals surface area contributed by atoms with Crippen LogP contribution >= 0.6 is 0 Å². The first-order chi connectivity index (χ1) is 11.0. The van der Waals surface area contributed by atoms with Crippen molar-refractivity contribution in [2.45, 2.75) is 32.8 Å². The van der Waals surface area contributed by atoms with Crippen molar-refractivity contribution < 1.29 is 22.7 Å². The average molecular weight is 330 g/mol. The van der Waals surface area contributed by atoms with E-state index in [1.807, 2.05) is 6.92 Å². The number of ether oxygens (including phenoxy) is 1. The number of alkyl halides is 2. The summed E-state index contributed by atoms with van der Waals surface area (Å²) in [7, 11) is 0. The molecule has 1 atom stereocenters. The van der Waals surface area contributed by atoms with Crippen molar-refractivity contribution in [3.63, 3.8) is 0 Å². The van der Waals surface area contributed by atoms with Gasteiger partial charge in [0.1, 0.15) is 0 Å². The summed E-state index contributed by atoms with van der Waals surface area (Å²) in [5.41, 5.74) is 0.228. The first kappa shape index (κ1) is 17.6. The second-order valence-corrected chi connectivity index (χ2v) is 5.84. The third-order valence-corrected chi connectivity index (χ3v) is 4.13. The Morgan fingerprint density at radius 1 is 1.39 bits per heavy atom. The van der Waals surface area contributed by atoms with Gasteiger partial charge in [0.25, 0.3) is 0 Å². The summed E-state index contributed by atoms with van der Waals surface area (Å²) < 4.78 is 41.8. The fraction of sp³-hybridized carbons (Fsp3) is 0.562. The molecule has 0 aromatic heterocycles. The van der Waals surface area contributed by atoms with Crippen LogP contribution in [0.3, 0.4) is 0 Å². The highest BCUT2D eigenvalue weighted by molar-refractivity contribution is 5.90. The number of benzene rings is 1. The predicted octanol–water partition coefficient (Wildman–Crippen LogP) is 3.39. The lowest BCUT2D eigenvalue weighted by atomic mass is 9.84. The lowest BCUT2D eigenvalue weighted by Crippen LogP contribution is -2.32. The Kier molecular flexibility index (Phi) is 6.27. The molecule has 128 valence electrons. The van der Waals surface area contributed by atoms with E-state index in [1.54, 1.807) is 0 Å². The van der Waals surface area contributed by atoms with E-state index in [0.717, 1.165) is 38.1 Å². The van der Waals surface area contributed by atoms with E-state index < -0.39 is 18.2 Å². The molecule has 23 heavy (non-hydrogen) atoms. The maximum atomic E-state index is 13.6. The number of hydrogen-bond donors (Lipinski definition) is 2. The van der Waals surface area contributed by atoms with E-state index in [2.05, 4.69) is 15.4 Å². The van der Waals surface area contributed by atoms with Crippen molar-refractivity contribution in [3.05, 3.63) is 24.0 Å². The smallest absolute Gasteiger partial charge is 0.387 e. The molecule has 2 rings (SSSR count). The molecule has 0 spiro atoms. The molecule has 7 heteroatoms. The van der Waals surface area contributed by atoms with Crippen LogP contribution in [0.5, 0.6) is 5.75 Å². The number of anilines is 1. The number of piperidine rings is 1. The molecule has 4 nitrogen and oxygen atoms in total. The Labute approximate surface area is 133 Å². The Balaban J connectivity index is 1.88. The Morgan fingerprint density at radius 3 is 2.70 bits per heavy atom. The Morgan fingerprint density at radius 2 is 2.09 bits per heavy atom. The summed E-state index contributed by atoms with van der Waals surface area (Å²) in [6, 6.07) is 3.39. The normalized spacial score (nSPS) is 17.1. The summed E-state index contributed by atoms with van der Waals surface area (Å²) in [4.78, 5) is 12.0. The van der Waals surface area contributed by atoms with Gasteiger partial charge >= 0.3 is 6.61 Å². The van der Waals surface area contributed by atoms with Crippen molar-refractivity contribution in [1.29, 1.82) is 0 Å². The van der Waals surface area contributed by atoms with Crippen LogP contribution in [0.1, 0.15) is 26.2 Å². The van der Waals surface area contributed by atoms with Gasteiger partial charge in [0.05, 0.1) is 0 Å². The van der Waals surface area contributed by atoms with Crippen LogP contribution in [0.2, 0.25) is 0 Å². The Bertz CT molecular complexity index is 534. The lowest BCUT2D eigenvalue weighted by molar-refractivity contribution is -0.117. The number of rotatable bonds is 6. The van der Waals surface area contributed by atoms with Crippen LogP contribution in [0, 0.1) is 17.7 Å². The van der Waals surface area contributed by atoms with E-state index in [0.29, 0.717) is 12.3 Å². The molecule has 1 unspecified atom stereocenters. The van der Waals surface area contributed by atoms with Crippen LogP contribution in [0.4, 0.5) is 18.9 Å². The SMILES string of the molecule is CC(CC(=O)Nc1ccc(OC(F)F)c(F)c1)C1CCNCC1. The summed E-state index contributed by atoms with van der Waals surface area (Å²) >= 11 is 0. The highest BCUT2D eigenvalue weighted by Gasteiger charge is 2.22. The van der Waals surface area contributed by atoms with Crippen molar-refractivity contribution in [2.75, 3.05) is 18.4 Å². The van der Waals surface area contributed by atoms with E-state index >= 15 is 0 Å². The van der Waals surface area contributed by atoms with E-state index in [-0.39, 0.29) is 17.5 Å². The van der Waals surface area contributed by atoms with E-state index in [9.17, 15) is 18.0 Å². The second-order valence-electron chi connectivity index (χ2n) is 5.84. The third kappa shape index (κ3) is 5.42.